The Morgan fingerprint density at radius 3 is 1.42 bits per heavy atom. The van der Waals surface area contributed by atoms with Gasteiger partial charge >= 0.3 is 12.2 Å². The lowest BCUT2D eigenvalue weighted by Gasteiger charge is -2.33. The Morgan fingerprint density at radius 2 is 0.941 bits per heavy atom. The highest BCUT2D eigenvalue weighted by Gasteiger charge is 2.30. The van der Waals surface area contributed by atoms with Crippen LogP contribution in [0.2, 0.25) is 0 Å². The van der Waals surface area contributed by atoms with Crippen LogP contribution in [0.25, 0.3) is 66.5 Å². The first-order valence-electron chi connectivity index (χ1n) is 33.8. The number of hydrogen-bond donors (Lipinski definition) is 3. The molecule has 15 rings (SSSR count). The van der Waals surface area contributed by atoms with Crippen molar-refractivity contribution < 1.29 is 23.9 Å². The number of nitrogens with two attached hydrogens (primary N) is 1. The summed E-state index contributed by atoms with van der Waals surface area (Å²) in [6.07, 6.45) is 31.2. The molecule has 0 bridgehead atoms. The van der Waals surface area contributed by atoms with Gasteiger partial charge in [0.1, 0.15) is 17.5 Å². The molecule has 0 radical (unpaired) electrons. The second-order valence-corrected chi connectivity index (χ2v) is 27.0. The molecular formula is C78H94N18O5. The number of piperidine rings is 3. The standard InChI is InChI=1S/C27H30N6O2.C22H24N6.C20H26N6O2.C7H6O.2CH4/c1-27(2,3)35-26(34)31-12-9-23(10-13-31)33-19-22(18-30-33)21-15-25-24(28-17-21)11-14-32(25)29-16-20-7-5-4-6-8-20;1-2-4-17(5-3-1)13-25-27-11-8-21-22(27)12-18(14-24-21)19-15-26-28(16-19)20-6-9-23-10-7-20;1-20(2,3)28-19(27)24-7-4-16(5-8-24)26-13-15(12-23-26)14-10-18-17(22-11-14)6-9-25(18)21;8-6-7-4-2-1-3-5-7;;/h4-8,11,14-19,23H,9-10,12-13H2,1-3H3;1-5,8,11-12,14-16,20,23,25H,6-7,9-10,13H2;6,9-13,16H,4-5,7-8,21H2,1-3H3;1-6H;2*1H4/b29-16+;;;;;. The first-order valence-corrected chi connectivity index (χ1v) is 33.8. The van der Waals surface area contributed by atoms with Gasteiger partial charge in [0.15, 0.2) is 0 Å². The van der Waals surface area contributed by atoms with Gasteiger partial charge in [-0.1, -0.05) is 106 Å². The first-order chi connectivity index (χ1) is 48.0. The zero-order valence-electron chi connectivity index (χ0n) is 57.0. The van der Waals surface area contributed by atoms with E-state index in [9.17, 15) is 14.4 Å². The highest BCUT2D eigenvalue weighted by atomic mass is 16.6. The normalized spacial score (nSPS) is 14.6. The number of nitrogens with one attached hydrogen (secondary N) is 2. The van der Waals surface area contributed by atoms with Crippen LogP contribution in [0.1, 0.15) is 135 Å². The number of nitrogen functional groups attached to an aromatic ring is 1. The predicted molar refractivity (Wildman–Crippen MR) is 401 cm³/mol. The van der Waals surface area contributed by atoms with Crippen LogP contribution in [0.5, 0.6) is 0 Å². The number of carbonyl (C=O) groups excluding carboxylic acids is 3. The van der Waals surface area contributed by atoms with Crippen LogP contribution < -0.4 is 16.6 Å². The molecule has 101 heavy (non-hydrogen) atoms. The molecule has 0 atom stereocenters. The molecule has 0 unspecified atom stereocenters. The molecule has 526 valence electrons. The van der Waals surface area contributed by atoms with E-state index in [1.165, 1.54) is 5.56 Å². The van der Waals surface area contributed by atoms with E-state index in [-0.39, 0.29) is 39.1 Å². The fraction of sp³-hybridized carbons (Fsp3) is 0.333. The number of fused-ring (bicyclic) bond motifs is 3. The Hall–Kier alpha value is -11.2. The number of nitrogens with zero attached hydrogens (tertiary/aromatic N) is 15. The average molecular weight is 1360 g/mol. The quantitative estimate of drug-likeness (QED) is 0.0585. The summed E-state index contributed by atoms with van der Waals surface area (Å²) in [7, 11) is 0. The molecule has 9 aromatic heterocycles. The number of benzene rings is 3. The molecule has 3 aliphatic heterocycles. The van der Waals surface area contributed by atoms with E-state index in [1.54, 1.807) is 32.8 Å². The summed E-state index contributed by atoms with van der Waals surface area (Å²) in [5.41, 5.74) is 17.4. The molecule has 2 amide bonds. The third kappa shape index (κ3) is 19.0. The van der Waals surface area contributed by atoms with Crippen LogP contribution in [0.3, 0.4) is 0 Å². The molecular weight excluding hydrogens is 1270 g/mol. The van der Waals surface area contributed by atoms with Gasteiger partial charge in [-0.2, -0.15) is 20.4 Å². The lowest BCUT2D eigenvalue weighted by molar-refractivity contribution is 0.0174. The first kappa shape index (κ1) is 72.5. The van der Waals surface area contributed by atoms with Crippen molar-refractivity contribution in [3.63, 3.8) is 0 Å². The smallest absolute Gasteiger partial charge is 0.410 e. The average Bonchev–Trinajstić information content (AvgIpc) is 1.68. The number of hydrogen-bond acceptors (Lipinski definition) is 15. The summed E-state index contributed by atoms with van der Waals surface area (Å²) in [6, 6.07) is 42.7. The van der Waals surface area contributed by atoms with Crippen molar-refractivity contribution in [2.45, 2.75) is 131 Å². The van der Waals surface area contributed by atoms with Crippen LogP contribution in [0.15, 0.2) is 207 Å². The monoisotopic (exact) mass is 1360 g/mol. The third-order valence-electron chi connectivity index (χ3n) is 17.5. The zero-order chi connectivity index (χ0) is 68.9. The van der Waals surface area contributed by atoms with E-state index in [1.807, 2.05) is 196 Å². The van der Waals surface area contributed by atoms with E-state index in [2.05, 4.69) is 104 Å². The van der Waals surface area contributed by atoms with Crippen molar-refractivity contribution in [3.05, 3.63) is 218 Å². The van der Waals surface area contributed by atoms with E-state index in [0.717, 1.165) is 142 Å². The van der Waals surface area contributed by atoms with Gasteiger partial charge in [0.25, 0.3) is 0 Å². The summed E-state index contributed by atoms with van der Waals surface area (Å²) in [6.45, 7) is 16.9. The molecule has 0 saturated carbocycles. The van der Waals surface area contributed by atoms with Gasteiger partial charge in [-0.25, -0.2) is 14.3 Å². The minimum atomic E-state index is -0.479. The molecule has 0 spiro atoms. The highest BCUT2D eigenvalue weighted by Crippen LogP contribution is 2.31. The molecule has 23 nitrogen and oxygen atoms in total. The minimum Gasteiger partial charge on any atom is -0.444 e. The molecule has 4 N–H and O–H groups in total. The summed E-state index contributed by atoms with van der Waals surface area (Å²) < 4.78 is 22.6. The highest BCUT2D eigenvalue weighted by molar-refractivity contribution is 5.85. The molecule has 3 aliphatic rings. The second-order valence-electron chi connectivity index (χ2n) is 27.0. The van der Waals surface area contributed by atoms with E-state index in [0.29, 0.717) is 32.2 Å². The largest absolute Gasteiger partial charge is 0.444 e. The number of amides is 2. The summed E-state index contributed by atoms with van der Waals surface area (Å²) >= 11 is 0. The van der Waals surface area contributed by atoms with Crippen molar-refractivity contribution in [1.82, 2.24) is 73.4 Å². The number of likely N-dealkylation sites (tertiary alicyclic amines) is 2. The predicted octanol–water partition coefficient (Wildman–Crippen LogP) is 14.9. The van der Waals surface area contributed by atoms with Crippen LogP contribution in [-0.4, -0.2) is 143 Å². The Labute approximate surface area is 590 Å². The van der Waals surface area contributed by atoms with Crippen LogP contribution in [0.4, 0.5) is 9.59 Å². The summed E-state index contributed by atoms with van der Waals surface area (Å²) in [5, 5.41) is 21.8. The SMILES string of the molecule is C.C.CC(C)(C)OC(=O)N1CCC(n2cc(-c3cnc4ccn(/N=C/c5ccccc5)c4c3)cn2)CC1.CC(C)(C)OC(=O)N1CCC(n2cc(-c3cnc4ccn(N)c4c3)cn2)CC1.O=Cc1ccccc1.c1ccc(CNn2ccc3ncc(-c4cnn(C5CCNCC5)c4)cc32)cc1. The van der Waals surface area contributed by atoms with Gasteiger partial charge in [0.2, 0.25) is 0 Å². The number of ether oxygens (including phenoxy) is 2. The second kappa shape index (κ2) is 33.1. The van der Waals surface area contributed by atoms with Crippen molar-refractivity contribution in [3.8, 4) is 33.4 Å². The van der Waals surface area contributed by atoms with Crippen LogP contribution in [0, 0.1) is 0 Å². The topological polar surface area (TPSA) is 246 Å². The van der Waals surface area contributed by atoms with Crippen LogP contribution in [-0.2, 0) is 16.0 Å². The van der Waals surface area contributed by atoms with Gasteiger partial charge < -0.3 is 35.9 Å². The number of pyridine rings is 3. The molecule has 3 aromatic carbocycles. The molecule has 12 aromatic rings. The van der Waals surface area contributed by atoms with Gasteiger partial charge in [-0.05, 0) is 141 Å². The summed E-state index contributed by atoms with van der Waals surface area (Å²) in [5.74, 6) is 5.93. The molecule has 23 heteroatoms. The van der Waals surface area contributed by atoms with Gasteiger partial charge in [0, 0.05) is 121 Å². The van der Waals surface area contributed by atoms with E-state index < -0.39 is 11.2 Å². The maximum absolute atomic E-state index is 12.3. The lowest BCUT2D eigenvalue weighted by Crippen LogP contribution is -2.42. The van der Waals surface area contributed by atoms with Crippen molar-refractivity contribution in [1.29, 1.82) is 0 Å². The lowest BCUT2D eigenvalue weighted by atomic mass is 10.1. The Balaban J connectivity index is 0.000000154. The van der Waals surface area contributed by atoms with Gasteiger partial charge in [-0.15, -0.1) is 0 Å². The third-order valence-corrected chi connectivity index (χ3v) is 17.5. The van der Waals surface area contributed by atoms with E-state index in [4.69, 9.17) is 15.3 Å². The Bertz CT molecular complexity index is 4650. The fourth-order valence-electron chi connectivity index (χ4n) is 12.1. The molecule has 3 saturated heterocycles. The van der Waals surface area contributed by atoms with E-state index >= 15 is 0 Å². The molecule has 0 aliphatic carbocycles. The number of aromatic nitrogens is 12. The van der Waals surface area contributed by atoms with Gasteiger partial charge in [0.05, 0.1) is 82.6 Å². The van der Waals surface area contributed by atoms with Gasteiger partial charge in [-0.3, -0.25) is 43.1 Å². The minimum absolute atomic E-state index is 0. The maximum Gasteiger partial charge on any atom is 0.410 e. The van der Waals surface area contributed by atoms with Crippen molar-refractivity contribution >= 4 is 57.8 Å². The Kier molecular flexibility index (Phi) is 23.8. The number of aldehydes is 1. The fourth-order valence-corrected chi connectivity index (χ4v) is 12.1. The summed E-state index contributed by atoms with van der Waals surface area (Å²) in [4.78, 5) is 51.9. The van der Waals surface area contributed by atoms with Crippen molar-refractivity contribution in [2.75, 3.05) is 50.5 Å². The molecule has 12 heterocycles. The van der Waals surface area contributed by atoms with Crippen molar-refractivity contribution in [2.24, 2.45) is 5.10 Å². The Morgan fingerprint density at radius 1 is 0.525 bits per heavy atom. The maximum atomic E-state index is 12.3. The zero-order valence-corrected chi connectivity index (χ0v) is 57.0. The van der Waals surface area contributed by atoms with Crippen LogP contribution >= 0.6 is 0 Å². The number of rotatable bonds is 12. The number of carbonyl (C=O) groups is 3. The molecule has 3 fully saturated rings.